The molecule has 0 saturated carbocycles. The van der Waals surface area contributed by atoms with Gasteiger partial charge >= 0.3 is 0 Å². The van der Waals surface area contributed by atoms with E-state index >= 15 is 0 Å². The summed E-state index contributed by atoms with van der Waals surface area (Å²) in [6.07, 6.45) is 9.00. The Morgan fingerprint density at radius 2 is 2.09 bits per heavy atom. The van der Waals surface area contributed by atoms with Gasteiger partial charge in [-0.1, -0.05) is 32.3 Å². The second-order valence-electron chi connectivity index (χ2n) is 12.1. The van der Waals surface area contributed by atoms with Crippen molar-refractivity contribution >= 4 is 28.2 Å². The Hall–Kier alpha value is -3.30. The summed E-state index contributed by atoms with van der Waals surface area (Å²) < 4.78 is 19.1. The van der Waals surface area contributed by atoms with Crippen LogP contribution in [0.2, 0.25) is 0 Å². The monoisotopic (exact) mass is 618 g/mol. The lowest BCUT2D eigenvalue weighted by molar-refractivity contribution is 0.157. The van der Waals surface area contributed by atoms with E-state index in [1.165, 1.54) is 28.3 Å². The second kappa shape index (κ2) is 12.6. The van der Waals surface area contributed by atoms with Crippen LogP contribution in [0.15, 0.2) is 10.2 Å². The molecule has 4 aliphatic rings. The summed E-state index contributed by atoms with van der Waals surface area (Å²) in [6.45, 7) is 12.0. The van der Waals surface area contributed by atoms with E-state index in [-0.39, 0.29) is 5.92 Å². The van der Waals surface area contributed by atoms with Crippen LogP contribution in [0.4, 0.5) is 10.8 Å². The number of fused-ring (bicyclic) bond motifs is 3. The van der Waals surface area contributed by atoms with E-state index in [2.05, 4.69) is 43.1 Å². The molecule has 234 valence electrons. The first kappa shape index (κ1) is 30.7. The van der Waals surface area contributed by atoms with Crippen molar-refractivity contribution in [1.29, 1.82) is 5.26 Å². The maximum Gasteiger partial charge on any atom is 0.249 e. The van der Waals surface area contributed by atoms with Gasteiger partial charge in [-0.3, -0.25) is 0 Å². The number of quaternary nitrogens is 1. The summed E-state index contributed by atoms with van der Waals surface area (Å²) >= 11 is 1.54. The van der Waals surface area contributed by atoms with Crippen LogP contribution in [0.25, 0.3) is 17.7 Å². The summed E-state index contributed by atoms with van der Waals surface area (Å²) in [5, 5.41) is 15.2. The fourth-order valence-electron chi connectivity index (χ4n) is 7.24. The van der Waals surface area contributed by atoms with Crippen molar-refractivity contribution in [2.75, 3.05) is 45.8 Å². The number of rotatable bonds is 7. The molecule has 10 nitrogen and oxygen atoms in total. The van der Waals surface area contributed by atoms with Crippen LogP contribution < -0.4 is 15.0 Å². The third-order valence-electron chi connectivity index (χ3n) is 9.60. The highest BCUT2D eigenvalue weighted by atomic mass is 32.1. The molecule has 3 atom stereocenters. The quantitative estimate of drug-likeness (QED) is 0.307. The number of aromatic nitrogens is 3. The zero-order valence-electron chi connectivity index (χ0n) is 26.6. The molecule has 2 fully saturated rings. The largest absolute Gasteiger partial charge is 0.475 e. The van der Waals surface area contributed by atoms with Crippen molar-refractivity contribution < 1.29 is 14.0 Å². The molecule has 6 heterocycles. The molecule has 0 amide bonds. The van der Waals surface area contributed by atoms with E-state index in [0.29, 0.717) is 58.5 Å². The van der Waals surface area contributed by atoms with Gasteiger partial charge in [0.1, 0.15) is 42.1 Å². The van der Waals surface area contributed by atoms with E-state index in [1.807, 2.05) is 13.8 Å². The first-order valence-electron chi connectivity index (χ1n) is 16.1. The topological polar surface area (TPSA) is 123 Å². The van der Waals surface area contributed by atoms with Crippen LogP contribution in [0.1, 0.15) is 98.5 Å². The Bertz CT molecular complexity index is 1600. The van der Waals surface area contributed by atoms with Gasteiger partial charge in [0.2, 0.25) is 23.3 Å². The smallest absolute Gasteiger partial charge is 0.249 e. The lowest BCUT2D eigenvalue weighted by Crippen LogP contribution is -2.44. The molecule has 3 aromatic rings. The van der Waals surface area contributed by atoms with Gasteiger partial charge < -0.3 is 24.6 Å². The van der Waals surface area contributed by atoms with Gasteiger partial charge in [-0.2, -0.15) is 15.2 Å². The third-order valence-corrected chi connectivity index (χ3v) is 10.7. The molecular weight excluding hydrogens is 574 g/mol. The number of aryl methyl sites for hydroxylation is 1. The van der Waals surface area contributed by atoms with Gasteiger partial charge in [0.15, 0.2) is 6.73 Å². The first-order chi connectivity index (χ1) is 21.4. The number of likely N-dealkylation sites (tertiary alicyclic amines) is 1. The van der Waals surface area contributed by atoms with Crippen molar-refractivity contribution in [1.82, 2.24) is 24.5 Å². The van der Waals surface area contributed by atoms with Crippen LogP contribution in [0.5, 0.6) is 5.88 Å². The minimum atomic E-state index is -0.0340. The zero-order valence-corrected chi connectivity index (χ0v) is 27.4. The van der Waals surface area contributed by atoms with Crippen LogP contribution in [-0.4, -0.2) is 66.1 Å². The van der Waals surface area contributed by atoms with Gasteiger partial charge in [0, 0.05) is 35.4 Å². The number of hydrogen-bond acceptors (Lipinski definition) is 10. The summed E-state index contributed by atoms with van der Waals surface area (Å²) in [7, 11) is 2.16. The molecule has 11 heteroatoms. The molecule has 1 aliphatic carbocycles. The number of thiophene rings is 1. The van der Waals surface area contributed by atoms with Crippen LogP contribution >= 0.6 is 11.3 Å². The highest BCUT2D eigenvalue weighted by Crippen LogP contribution is 2.48. The van der Waals surface area contributed by atoms with E-state index < -0.39 is 0 Å². The summed E-state index contributed by atoms with van der Waals surface area (Å²) in [6, 6.07) is 2.73. The average molecular weight is 619 g/mol. The molecule has 1 unspecified atom stereocenters. The zero-order chi connectivity index (χ0) is 31.0. The van der Waals surface area contributed by atoms with Crippen molar-refractivity contribution in [2.24, 2.45) is 0 Å². The fraction of sp³-hybridized carbons (Fsp3) is 0.576. The molecule has 0 radical (unpaired) electrons. The molecule has 3 aromatic heterocycles. The lowest BCUT2D eigenvalue weighted by atomic mass is 9.81. The molecule has 3 aliphatic heterocycles. The molecule has 44 heavy (non-hydrogen) atoms. The number of anilines is 1. The minimum Gasteiger partial charge on any atom is -0.475 e. The van der Waals surface area contributed by atoms with E-state index in [1.54, 1.807) is 0 Å². The number of nitrogens with zero attached hydrogens (tertiary/aromatic N) is 6. The number of likely N-dealkylation sites (N-methyl/N-ethyl adjacent to an activating group) is 1. The minimum absolute atomic E-state index is 0.0340. The van der Waals surface area contributed by atoms with Gasteiger partial charge in [-0.25, -0.2) is 4.48 Å². The fourth-order valence-corrected chi connectivity index (χ4v) is 8.37. The van der Waals surface area contributed by atoms with Crippen LogP contribution in [0, 0.1) is 11.3 Å². The number of allylic oxidation sites excluding steroid dienone is 1. The summed E-state index contributed by atoms with van der Waals surface area (Å²) in [5.74, 6) is 2.55. The Morgan fingerprint density at radius 1 is 1.25 bits per heavy atom. The molecule has 2 saturated heterocycles. The summed E-state index contributed by atoms with van der Waals surface area (Å²) in [4.78, 5) is 13.8. The van der Waals surface area contributed by atoms with Crippen molar-refractivity contribution in [3.05, 3.63) is 38.5 Å². The first-order valence-corrected chi connectivity index (χ1v) is 17.0. The SMILES string of the molecule is CC.CCCc1c([C@H]2CCCc3sc(N)c(C#N)c32)noc1-c1nc(OC[C@@H]2CCCN2C)c2c(n1)[N+]1(CCOC1)C(C)=C2. The maximum absolute atomic E-state index is 9.95. The van der Waals surface area contributed by atoms with Crippen LogP contribution in [-0.2, 0) is 17.6 Å². The number of nitrogen functional groups attached to an aromatic ring is 1. The predicted octanol–water partition coefficient (Wildman–Crippen LogP) is 6.24. The molecule has 0 bridgehead atoms. The third kappa shape index (κ3) is 5.02. The molecule has 7 rings (SSSR count). The van der Waals surface area contributed by atoms with Gasteiger partial charge in [0.25, 0.3) is 0 Å². The summed E-state index contributed by atoms with van der Waals surface area (Å²) in [5.41, 5.74) is 11.9. The van der Waals surface area contributed by atoms with Crippen molar-refractivity contribution in [2.45, 2.75) is 84.6 Å². The standard InChI is InChI=1S/C31H38N7O3S.C2H6/c1-4-7-21-26(20-9-5-10-24-25(20)23(15-32)28(33)42-24)36-41-27(21)29-34-30-22(14-18(2)38(30)12-13-39-17-38)31(35-29)40-16-19-8-6-11-37(19)3;1-2/h14,19-20H,4-13,16-17,33H2,1-3H3;1-2H3/q+1;/t19-,20-,38?;/m0./s1. The molecule has 0 aromatic carbocycles. The Kier molecular flexibility index (Phi) is 8.79. The Morgan fingerprint density at radius 3 is 2.80 bits per heavy atom. The van der Waals surface area contributed by atoms with Crippen molar-refractivity contribution in [3.63, 3.8) is 0 Å². The van der Waals surface area contributed by atoms with Crippen molar-refractivity contribution in [3.8, 4) is 23.5 Å². The Balaban J connectivity index is 0.00000168. The highest BCUT2D eigenvalue weighted by Gasteiger charge is 2.47. The normalized spacial score (nSPS) is 24.0. The molecule has 1 spiro atoms. The highest BCUT2D eigenvalue weighted by molar-refractivity contribution is 7.16. The number of ether oxygens (including phenoxy) is 2. The average Bonchev–Trinajstić information content (AvgIpc) is 3.86. The second-order valence-corrected chi connectivity index (χ2v) is 13.2. The molecule has 2 N–H and O–H groups in total. The van der Waals surface area contributed by atoms with E-state index in [9.17, 15) is 5.26 Å². The van der Waals surface area contributed by atoms with E-state index in [0.717, 1.165) is 79.8 Å². The Labute approximate surface area is 264 Å². The van der Waals surface area contributed by atoms with Gasteiger partial charge in [0.05, 0.1) is 11.3 Å². The predicted molar refractivity (Wildman–Crippen MR) is 173 cm³/mol. The van der Waals surface area contributed by atoms with Gasteiger partial charge in [-0.05, 0) is 57.7 Å². The molecular formula is C33H44N7O3S+. The lowest BCUT2D eigenvalue weighted by Gasteiger charge is -2.27. The number of nitriles is 1. The maximum atomic E-state index is 9.95. The van der Waals surface area contributed by atoms with E-state index in [4.69, 9.17) is 29.7 Å². The van der Waals surface area contributed by atoms with Crippen LogP contribution in [0.3, 0.4) is 0 Å². The number of nitrogens with two attached hydrogens (primary N) is 1. The number of hydrogen-bond donors (Lipinski definition) is 1. The van der Waals surface area contributed by atoms with Gasteiger partial charge in [-0.15, -0.1) is 11.3 Å².